The van der Waals surface area contributed by atoms with Gasteiger partial charge in [-0.15, -0.1) is 4.99 Å². The Kier molecular flexibility index (Phi) is 3.55. The predicted molar refractivity (Wildman–Crippen MR) is 54.9 cm³/mol. The summed E-state index contributed by atoms with van der Waals surface area (Å²) in [6.07, 6.45) is 0.991. The van der Waals surface area contributed by atoms with E-state index < -0.39 is 16.1 Å². The van der Waals surface area contributed by atoms with Crippen LogP contribution in [0.4, 0.5) is 4.79 Å². The van der Waals surface area contributed by atoms with E-state index in [-0.39, 0.29) is 4.90 Å². The van der Waals surface area contributed by atoms with Crippen molar-refractivity contribution in [2.45, 2.75) is 4.90 Å². The maximum Gasteiger partial charge on any atom is 0.368 e. The summed E-state index contributed by atoms with van der Waals surface area (Å²) in [5.74, 6) is 0. The zero-order valence-corrected chi connectivity index (χ0v) is 9.14. The van der Waals surface area contributed by atoms with Gasteiger partial charge < -0.3 is 0 Å². The molecule has 0 aliphatic rings. The van der Waals surface area contributed by atoms with E-state index in [1.807, 2.05) is 0 Å². The molecule has 16 heavy (non-hydrogen) atoms. The molecule has 7 heteroatoms. The van der Waals surface area contributed by atoms with Gasteiger partial charge in [-0.2, -0.15) is 0 Å². The average molecular weight is 240 g/mol. The highest BCUT2D eigenvalue weighted by Gasteiger charge is 2.24. The molecule has 1 rings (SSSR count). The molecule has 0 radical (unpaired) electrons. The number of isocyanates is 1. The van der Waals surface area contributed by atoms with Crippen LogP contribution in [-0.2, 0) is 14.8 Å². The normalized spacial score (nSPS) is 10.3. The van der Waals surface area contributed by atoms with E-state index >= 15 is 0 Å². The van der Waals surface area contributed by atoms with E-state index in [1.54, 1.807) is 6.07 Å². The van der Waals surface area contributed by atoms with E-state index in [1.165, 1.54) is 24.3 Å². The molecule has 0 saturated carbocycles. The van der Waals surface area contributed by atoms with Crippen molar-refractivity contribution in [3.8, 4) is 0 Å². The van der Waals surface area contributed by atoms with Crippen LogP contribution in [0, 0.1) is 0 Å². The number of hydrogen-bond acceptors (Lipinski definition) is 4. The lowest BCUT2D eigenvalue weighted by Crippen LogP contribution is -2.30. The fourth-order valence-electron chi connectivity index (χ4n) is 0.963. The molecule has 0 saturated heterocycles. The quantitative estimate of drug-likeness (QED) is 0.564. The summed E-state index contributed by atoms with van der Waals surface area (Å²) in [6, 6.07) is 6.18. The summed E-state index contributed by atoms with van der Waals surface area (Å²) >= 11 is 0. The summed E-state index contributed by atoms with van der Waals surface area (Å²) in [7, 11) is -2.93. The number of rotatable bonds is 2. The Hall–Kier alpha value is -1.98. The van der Waals surface area contributed by atoms with Crippen molar-refractivity contribution in [1.29, 1.82) is 0 Å². The first-order valence-corrected chi connectivity index (χ1v) is 5.60. The summed E-state index contributed by atoms with van der Waals surface area (Å²) in [6.45, 7) is 0. The molecule has 0 aliphatic heterocycles. The Morgan fingerprint density at radius 1 is 1.31 bits per heavy atom. The SMILES string of the molecule is CN(C(=O)N=C=O)S(=O)(=O)c1ccccc1. The number of nitrogens with zero attached hydrogens (tertiary/aromatic N) is 2. The van der Waals surface area contributed by atoms with Crippen molar-refractivity contribution in [3.05, 3.63) is 30.3 Å². The standard InChI is InChI=1S/C9H8N2O4S/c1-11(9(13)10-7-12)16(14,15)8-5-3-2-4-6-8/h2-6H,1H3. The summed E-state index contributed by atoms with van der Waals surface area (Å²) in [5.41, 5.74) is 0. The van der Waals surface area contributed by atoms with Crippen molar-refractivity contribution in [2.75, 3.05) is 7.05 Å². The maximum absolute atomic E-state index is 11.8. The van der Waals surface area contributed by atoms with Crippen molar-refractivity contribution < 1.29 is 18.0 Å². The molecular weight excluding hydrogens is 232 g/mol. The Balaban J connectivity index is 3.13. The van der Waals surface area contributed by atoms with Crippen molar-refractivity contribution in [1.82, 2.24) is 4.31 Å². The van der Waals surface area contributed by atoms with Gasteiger partial charge in [0.15, 0.2) is 0 Å². The molecule has 0 bridgehead atoms. The van der Waals surface area contributed by atoms with Crippen LogP contribution in [0.5, 0.6) is 0 Å². The van der Waals surface area contributed by atoms with Crippen LogP contribution in [0.1, 0.15) is 0 Å². The number of sulfonamides is 1. The van der Waals surface area contributed by atoms with E-state index in [2.05, 4.69) is 4.99 Å². The minimum Gasteiger partial charge on any atom is -0.244 e. The van der Waals surface area contributed by atoms with E-state index in [0.29, 0.717) is 4.31 Å². The maximum atomic E-state index is 11.8. The Labute approximate surface area is 92.3 Å². The highest BCUT2D eigenvalue weighted by molar-refractivity contribution is 7.89. The smallest absolute Gasteiger partial charge is 0.244 e. The Bertz CT molecular complexity index is 532. The highest BCUT2D eigenvalue weighted by Crippen LogP contribution is 2.13. The van der Waals surface area contributed by atoms with Gasteiger partial charge in [0.25, 0.3) is 10.0 Å². The molecule has 0 spiro atoms. The first kappa shape index (κ1) is 12.1. The number of benzene rings is 1. The molecule has 0 unspecified atom stereocenters. The molecule has 0 fully saturated rings. The lowest BCUT2D eigenvalue weighted by molar-refractivity contribution is 0.237. The minimum atomic E-state index is -3.95. The lowest BCUT2D eigenvalue weighted by atomic mass is 10.4. The van der Waals surface area contributed by atoms with Gasteiger partial charge >= 0.3 is 6.03 Å². The number of carbonyl (C=O) groups excluding carboxylic acids is 2. The van der Waals surface area contributed by atoms with Crippen LogP contribution in [0.15, 0.2) is 40.2 Å². The lowest BCUT2D eigenvalue weighted by Gasteiger charge is -2.13. The van der Waals surface area contributed by atoms with Gasteiger partial charge in [0.2, 0.25) is 6.08 Å². The number of carbonyl (C=O) groups is 1. The van der Waals surface area contributed by atoms with Gasteiger partial charge in [-0.3, -0.25) is 0 Å². The van der Waals surface area contributed by atoms with Gasteiger partial charge in [0.1, 0.15) is 0 Å². The van der Waals surface area contributed by atoms with Crippen LogP contribution < -0.4 is 0 Å². The van der Waals surface area contributed by atoms with Crippen LogP contribution in [0.25, 0.3) is 0 Å². The monoisotopic (exact) mass is 240 g/mol. The second-order valence-electron chi connectivity index (χ2n) is 2.77. The van der Waals surface area contributed by atoms with Gasteiger partial charge in [-0.25, -0.2) is 22.3 Å². The summed E-state index contributed by atoms with van der Waals surface area (Å²) in [5, 5.41) is 0. The van der Waals surface area contributed by atoms with Crippen molar-refractivity contribution >= 4 is 22.1 Å². The average Bonchev–Trinajstić information content (AvgIpc) is 2.29. The third kappa shape index (κ3) is 2.33. The molecule has 0 N–H and O–H groups in total. The van der Waals surface area contributed by atoms with E-state index in [0.717, 1.165) is 13.1 Å². The van der Waals surface area contributed by atoms with Crippen LogP contribution >= 0.6 is 0 Å². The molecule has 0 heterocycles. The number of hydrogen-bond donors (Lipinski definition) is 0. The fraction of sp³-hybridized carbons (Fsp3) is 0.111. The van der Waals surface area contributed by atoms with Crippen molar-refractivity contribution in [2.24, 2.45) is 4.99 Å². The summed E-state index contributed by atoms with van der Waals surface area (Å²) in [4.78, 5) is 23.6. The van der Waals surface area contributed by atoms with Gasteiger partial charge in [-0.1, -0.05) is 18.2 Å². The third-order valence-electron chi connectivity index (χ3n) is 1.81. The molecule has 0 aromatic heterocycles. The first-order chi connectivity index (χ1) is 7.50. The Morgan fingerprint density at radius 2 is 1.88 bits per heavy atom. The van der Waals surface area contributed by atoms with Crippen LogP contribution in [0.3, 0.4) is 0 Å². The minimum absolute atomic E-state index is 0.0491. The predicted octanol–water partition coefficient (Wildman–Crippen LogP) is 0.763. The topological polar surface area (TPSA) is 83.9 Å². The number of aliphatic imine (C=N–C) groups is 1. The van der Waals surface area contributed by atoms with Crippen molar-refractivity contribution in [3.63, 3.8) is 0 Å². The second kappa shape index (κ2) is 4.69. The van der Waals surface area contributed by atoms with E-state index in [4.69, 9.17) is 0 Å². The molecule has 1 aromatic carbocycles. The van der Waals surface area contributed by atoms with Gasteiger partial charge in [-0.05, 0) is 12.1 Å². The molecular formula is C9H8N2O4S. The molecule has 0 atom stereocenters. The highest BCUT2D eigenvalue weighted by atomic mass is 32.2. The third-order valence-corrected chi connectivity index (χ3v) is 3.56. The Morgan fingerprint density at radius 3 is 2.38 bits per heavy atom. The number of urea groups is 1. The van der Waals surface area contributed by atoms with Crippen LogP contribution in [0.2, 0.25) is 0 Å². The van der Waals surface area contributed by atoms with E-state index in [9.17, 15) is 18.0 Å². The fourth-order valence-corrected chi connectivity index (χ4v) is 2.03. The van der Waals surface area contributed by atoms with Gasteiger partial charge in [0.05, 0.1) is 4.90 Å². The summed E-state index contributed by atoms with van der Waals surface area (Å²) < 4.78 is 23.9. The second-order valence-corrected chi connectivity index (χ2v) is 4.74. The zero-order valence-electron chi connectivity index (χ0n) is 8.32. The first-order valence-electron chi connectivity index (χ1n) is 4.16. The molecule has 0 aliphatic carbocycles. The molecule has 1 aromatic rings. The molecule has 84 valence electrons. The zero-order chi connectivity index (χ0) is 12.2. The number of amides is 2. The van der Waals surface area contributed by atoms with Crippen LogP contribution in [-0.4, -0.2) is 31.9 Å². The largest absolute Gasteiger partial charge is 0.368 e. The molecule has 2 amide bonds. The molecule has 6 nitrogen and oxygen atoms in total. The van der Waals surface area contributed by atoms with Gasteiger partial charge in [0, 0.05) is 7.05 Å².